The summed E-state index contributed by atoms with van der Waals surface area (Å²) in [5, 5.41) is 8.39. The molecule has 0 amide bonds. The minimum absolute atomic E-state index is 0.0912. The molecule has 0 unspecified atom stereocenters. The van der Waals surface area contributed by atoms with Crippen molar-refractivity contribution in [3.63, 3.8) is 0 Å². The van der Waals surface area contributed by atoms with E-state index in [1.807, 2.05) is 74.4 Å². The second kappa shape index (κ2) is 7.43. The molecular formula is C17H17Cl2N3. The molecule has 0 radical (unpaired) electrons. The number of aryl methyl sites for hydroxylation is 1. The van der Waals surface area contributed by atoms with Crippen molar-refractivity contribution in [1.29, 1.82) is 0 Å². The first-order valence-corrected chi connectivity index (χ1v) is 7.54. The molecule has 0 saturated carbocycles. The van der Waals surface area contributed by atoms with E-state index in [-0.39, 0.29) is 4.49 Å². The molecule has 0 saturated heterocycles. The summed E-state index contributed by atoms with van der Waals surface area (Å²) in [5.41, 5.74) is 4.28. The van der Waals surface area contributed by atoms with E-state index in [4.69, 9.17) is 23.2 Å². The van der Waals surface area contributed by atoms with Crippen LogP contribution >= 0.6 is 23.2 Å². The summed E-state index contributed by atoms with van der Waals surface area (Å²) in [7, 11) is 3.97. The normalized spacial score (nSPS) is 10.8. The van der Waals surface area contributed by atoms with Gasteiger partial charge in [0.25, 0.3) is 0 Å². The molecule has 0 aliphatic carbocycles. The zero-order valence-electron chi connectivity index (χ0n) is 12.7. The minimum atomic E-state index is 0.0912. The maximum atomic E-state index is 5.95. The van der Waals surface area contributed by atoms with E-state index >= 15 is 0 Å². The van der Waals surface area contributed by atoms with Crippen LogP contribution in [0.15, 0.2) is 63.3 Å². The molecule has 0 N–H and O–H groups in total. The van der Waals surface area contributed by atoms with Gasteiger partial charge in [0.05, 0.1) is 5.69 Å². The summed E-state index contributed by atoms with van der Waals surface area (Å²) in [4.78, 5) is 2.02. The molecule has 114 valence electrons. The monoisotopic (exact) mass is 333 g/mol. The molecule has 22 heavy (non-hydrogen) atoms. The number of anilines is 1. The van der Waals surface area contributed by atoms with Crippen molar-refractivity contribution in [1.82, 2.24) is 0 Å². The minimum Gasteiger partial charge on any atom is -0.378 e. The van der Waals surface area contributed by atoms with Crippen LogP contribution in [0.1, 0.15) is 11.1 Å². The number of halogens is 2. The molecule has 0 bridgehead atoms. The Morgan fingerprint density at radius 3 is 2.00 bits per heavy atom. The van der Waals surface area contributed by atoms with Crippen LogP contribution in [0.5, 0.6) is 0 Å². The van der Waals surface area contributed by atoms with Crippen molar-refractivity contribution >= 4 is 40.3 Å². The molecule has 2 aromatic rings. The maximum Gasteiger partial charge on any atom is 0.134 e. The maximum absolute atomic E-state index is 5.95. The van der Waals surface area contributed by atoms with Crippen LogP contribution in [0.4, 0.5) is 11.4 Å². The average molecular weight is 334 g/mol. The number of nitrogens with zero attached hydrogens (tertiary/aromatic N) is 3. The molecule has 0 aromatic heterocycles. The van der Waals surface area contributed by atoms with Gasteiger partial charge in [0.15, 0.2) is 0 Å². The zero-order valence-corrected chi connectivity index (χ0v) is 14.2. The summed E-state index contributed by atoms with van der Waals surface area (Å²) >= 11 is 11.9. The Bertz CT molecular complexity index is 683. The number of hydrogen-bond donors (Lipinski definition) is 0. The largest absolute Gasteiger partial charge is 0.378 e. The molecule has 2 aromatic carbocycles. The van der Waals surface area contributed by atoms with Crippen molar-refractivity contribution in [3.8, 4) is 0 Å². The van der Waals surface area contributed by atoms with Gasteiger partial charge in [-0.3, -0.25) is 0 Å². The third-order valence-corrected chi connectivity index (χ3v) is 3.49. The predicted molar refractivity (Wildman–Crippen MR) is 95.1 cm³/mol. The molecule has 0 atom stereocenters. The van der Waals surface area contributed by atoms with E-state index in [2.05, 4.69) is 10.2 Å². The van der Waals surface area contributed by atoms with E-state index < -0.39 is 0 Å². The molecule has 0 heterocycles. The molecule has 3 nitrogen and oxygen atoms in total. The lowest BCUT2D eigenvalue weighted by molar-refractivity contribution is 1.13. The third-order valence-electron chi connectivity index (χ3n) is 3.14. The number of azo groups is 1. The Balaban J connectivity index is 2.27. The van der Waals surface area contributed by atoms with Crippen molar-refractivity contribution in [3.05, 3.63) is 64.1 Å². The van der Waals surface area contributed by atoms with Crippen LogP contribution in [0.25, 0.3) is 5.70 Å². The Morgan fingerprint density at radius 2 is 1.50 bits per heavy atom. The van der Waals surface area contributed by atoms with E-state index in [0.29, 0.717) is 5.70 Å². The molecule has 0 spiro atoms. The fourth-order valence-corrected chi connectivity index (χ4v) is 2.14. The first kappa shape index (κ1) is 16.5. The number of hydrogen-bond acceptors (Lipinski definition) is 3. The molecule has 5 heteroatoms. The van der Waals surface area contributed by atoms with Gasteiger partial charge in [-0.1, -0.05) is 53.0 Å². The Kier molecular flexibility index (Phi) is 5.58. The van der Waals surface area contributed by atoms with E-state index in [1.54, 1.807) is 0 Å². The Labute approximate surface area is 140 Å². The fraction of sp³-hybridized carbons (Fsp3) is 0.176. The third kappa shape index (κ3) is 4.33. The first-order chi connectivity index (χ1) is 10.5. The van der Waals surface area contributed by atoms with Crippen molar-refractivity contribution in [2.45, 2.75) is 6.92 Å². The van der Waals surface area contributed by atoms with Gasteiger partial charge < -0.3 is 4.90 Å². The van der Waals surface area contributed by atoms with Crippen LogP contribution in [0.2, 0.25) is 0 Å². The zero-order chi connectivity index (χ0) is 16.1. The highest BCUT2D eigenvalue weighted by molar-refractivity contribution is 6.58. The van der Waals surface area contributed by atoms with Crippen molar-refractivity contribution in [2.24, 2.45) is 10.2 Å². The number of benzene rings is 2. The highest BCUT2D eigenvalue weighted by Crippen LogP contribution is 2.28. The van der Waals surface area contributed by atoms with Gasteiger partial charge >= 0.3 is 0 Å². The van der Waals surface area contributed by atoms with E-state index in [1.165, 1.54) is 5.56 Å². The standard InChI is InChI=1S/C17H17Cl2N3/c1-12-4-8-14(9-5-12)20-21-16(17(18)19)13-6-10-15(11-7-13)22(2)3/h4-11H,1-3H3. The SMILES string of the molecule is Cc1ccc(N=NC(=C(Cl)Cl)c2ccc(N(C)C)cc2)cc1. The van der Waals surface area contributed by atoms with Gasteiger partial charge in [-0.15, -0.1) is 5.11 Å². The quantitative estimate of drug-likeness (QED) is 0.635. The van der Waals surface area contributed by atoms with Crippen molar-refractivity contribution in [2.75, 3.05) is 19.0 Å². The fourth-order valence-electron chi connectivity index (χ4n) is 1.84. The van der Waals surface area contributed by atoms with Crippen LogP contribution in [0.3, 0.4) is 0 Å². The molecule has 0 aliphatic heterocycles. The number of rotatable bonds is 4. The average Bonchev–Trinajstić information content (AvgIpc) is 2.49. The lowest BCUT2D eigenvalue weighted by Crippen LogP contribution is -2.08. The van der Waals surface area contributed by atoms with E-state index in [0.717, 1.165) is 16.9 Å². The van der Waals surface area contributed by atoms with Gasteiger partial charge in [-0.25, -0.2) is 0 Å². The molecule has 0 aliphatic rings. The second-order valence-corrected chi connectivity index (χ2v) is 6.04. The van der Waals surface area contributed by atoms with Crippen LogP contribution in [-0.4, -0.2) is 14.1 Å². The van der Waals surface area contributed by atoms with E-state index in [9.17, 15) is 0 Å². The summed E-state index contributed by atoms with van der Waals surface area (Å²) in [6.45, 7) is 2.02. The lowest BCUT2D eigenvalue weighted by atomic mass is 10.1. The molecule has 0 fully saturated rings. The van der Waals surface area contributed by atoms with Gasteiger partial charge in [-0.2, -0.15) is 5.11 Å². The van der Waals surface area contributed by atoms with Crippen LogP contribution < -0.4 is 4.90 Å². The highest BCUT2D eigenvalue weighted by Gasteiger charge is 2.06. The summed E-state index contributed by atoms with van der Waals surface area (Å²) in [6, 6.07) is 15.5. The Hall–Kier alpha value is -1.84. The summed E-state index contributed by atoms with van der Waals surface area (Å²) < 4.78 is 0.0912. The lowest BCUT2D eigenvalue weighted by Gasteiger charge is -2.12. The topological polar surface area (TPSA) is 28.0 Å². The second-order valence-electron chi connectivity index (χ2n) is 5.09. The predicted octanol–water partition coefficient (Wildman–Crippen LogP) is 5.95. The van der Waals surface area contributed by atoms with Gasteiger partial charge in [0, 0.05) is 25.3 Å². The smallest absolute Gasteiger partial charge is 0.134 e. The summed E-state index contributed by atoms with van der Waals surface area (Å²) in [5.74, 6) is 0. The van der Waals surface area contributed by atoms with Gasteiger partial charge in [0.2, 0.25) is 0 Å². The van der Waals surface area contributed by atoms with Gasteiger partial charge in [-0.05, 0) is 31.2 Å². The molecule has 2 rings (SSSR count). The highest BCUT2D eigenvalue weighted by atomic mass is 35.5. The molecular weight excluding hydrogens is 317 g/mol. The van der Waals surface area contributed by atoms with Crippen molar-refractivity contribution < 1.29 is 0 Å². The van der Waals surface area contributed by atoms with Gasteiger partial charge in [0.1, 0.15) is 10.2 Å². The van der Waals surface area contributed by atoms with Crippen LogP contribution in [-0.2, 0) is 0 Å². The Morgan fingerprint density at radius 1 is 0.909 bits per heavy atom. The first-order valence-electron chi connectivity index (χ1n) is 6.79. The van der Waals surface area contributed by atoms with Crippen LogP contribution in [0, 0.1) is 6.92 Å². The summed E-state index contributed by atoms with van der Waals surface area (Å²) in [6.07, 6.45) is 0.